The molecule has 0 aliphatic carbocycles. The van der Waals surface area contributed by atoms with E-state index in [9.17, 15) is 9.59 Å². The Bertz CT molecular complexity index is 546. The van der Waals surface area contributed by atoms with Crippen molar-refractivity contribution in [2.45, 2.75) is 65.0 Å². The molecule has 1 atom stereocenters. The summed E-state index contributed by atoms with van der Waals surface area (Å²) in [6, 6.07) is 7.37. The molecule has 0 heterocycles. The quantitative estimate of drug-likeness (QED) is 0.681. The minimum atomic E-state index is -0.574. The number of hydrogen-bond donors (Lipinski definition) is 1. The number of rotatable bonds is 9. The van der Waals surface area contributed by atoms with Crippen LogP contribution < -0.4 is 5.32 Å². The molecule has 0 spiro atoms. The first-order chi connectivity index (χ1) is 11.7. The van der Waals surface area contributed by atoms with Crippen molar-refractivity contribution in [3.05, 3.63) is 35.4 Å². The molecule has 1 aromatic carbocycles. The third-order valence-electron chi connectivity index (χ3n) is 3.64. The lowest BCUT2D eigenvalue weighted by atomic mass is 10.00. The van der Waals surface area contributed by atoms with Crippen LogP contribution in [0.15, 0.2) is 24.3 Å². The molecule has 140 valence electrons. The van der Waals surface area contributed by atoms with Gasteiger partial charge in [0.15, 0.2) is 5.78 Å². The van der Waals surface area contributed by atoms with Crippen molar-refractivity contribution in [1.29, 1.82) is 0 Å². The largest absolute Gasteiger partial charge is 0.444 e. The van der Waals surface area contributed by atoms with Gasteiger partial charge in [-0.2, -0.15) is 0 Å². The predicted molar refractivity (Wildman–Crippen MR) is 99.0 cm³/mol. The predicted octanol–water partition coefficient (Wildman–Crippen LogP) is 4.14. The molecule has 5 heteroatoms. The van der Waals surface area contributed by atoms with E-state index in [0.29, 0.717) is 18.6 Å². The molecule has 0 bridgehead atoms. The first-order valence-corrected chi connectivity index (χ1v) is 8.85. The maximum atomic E-state index is 12.5. The number of aryl methyl sites for hydroxylation is 1. The second-order valence-electron chi connectivity index (χ2n) is 7.20. The maximum Gasteiger partial charge on any atom is 0.407 e. The van der Waals surface area contributed by atoms with Crippen molar-refractivity contribution in [2.75, 3.05) is 13.7 Å². The molecule has 5 nitrogen and oxygen atoms in total. The van der Waals surface area contributed by atoms with Gasteiger partial charge < -0.3 is 14.8 Å². The highest BCUT2D eigenvalue weighted by atomic mass is 16.6. The van der Waals surface area contributed by atoms with E-state index in [1.807, 2.05) is 24.3 Å². The van der Waals surface area contributed by atoms with Crippen LogP contribution in [0.3, 0.4) is 0 Å². The third kappa shape index (κ3) is 8.68. The van der Waals surface area contributed by atoms with Crippen LogP contribution in [0.5, 0.6) is 0 Å². The number of ether oxygens (including phenoxy) is 2. The first kappa shape index (κ1) is 21.2. The van der Waals surface area contributed by atoms with Crippen LogP contribution in [-0.2, 0) is 15.9 Å². The number of amides is 1. The summed E-state index contributed by atoms with van der Waals surface area (Å²) in [5.41, 5.74) is 1.31. The number of Topliss-reactive ketones (excluding diaryl/α,β-unsaturated/α-hetero) is 1. The van der Waals surface area contributed by atoms with Crippen molar-refractivity contribution in [1.82, 2.24) is 5.32 Å². The van der Waals surface area contributed by atoms with Gasteiger partial charge in [0.1, 0.15) is 5.60 Å². The summed E-state index contributed by atoms with van der Waals surface area (Å²) in [5.74, 6) is 0.000195. The number of nitrogens with one attached hydrogen (secondary N) is 1. The first-order valence-electron chi connectivity index (χ1n) is 8.85. The number of carbonyl (C=O) groups is 2. The van der Waals surface area contributed by atoms with E-state index in [1.54, 1.807) is 27.9 Å². The molecule has 1 amide bonds. The van der Waals surface area contributed by atoms with Gasteiger partial charge in [0.2, 0.25) is 0 Å². The van der Waals surface area contributed by atoms with Crippen molar-refractivity contribution in [3.63, 3.8) is 0 Å². The fourth-order valence-electron chi connectivity index (χ4n) is 2.45. The molecule has 0 saturated carbocycles. The van der Waals surface area contributed by atoms with Crippen molar-refractivity contribution in [2.24, 2.45) is 0 Å². The van der Waals surface area contributed by atoms with Crippen LogP contribution in [-0.4, -0.2) is 37.2 Å². The molecule has 1 N–H and O–H groups in total. The Balaban J connectivity index is 2.69. The summed E-state index contributed by atoms with van der Waals surface area (Å²) in [4.78, 5) is 24.5. The summed E-state index contributed by atoms with van der Waals surface area (Å²) < 4.78 is 10.4. The van der Waals surface area contributed by atoms with Gasteiger partial charge in [-0.25, -0.2) is 4.79 Å². The number of hydrogen-bond acceptors (Lipinski definition) is 4. The molecule has 0 fully saturated rings. The van der Waals surface area contributed by atoms with Crippen molar-refractivity contribution < 1.29 is 19.1 Å². The van der Waals surface area contributed by atoms with Crippen LogP contribution in [0.1, 0.15) is 62.9 Å². The average Bonchev–Trinajstić information content (AvgIpc) is 2.51. The number of benzene rings is 1. The molecule has 1 rings (SSSR count). The Morgan fingerprint density at radius 1 is 1.16 bits per heavy atom. The minimum Gasteiger partial charge on any atom is -0.444 e. The normalized spacial score (nSPS) is 12.5. The van der Waals surface area contributed by atoms with E-state index in [1.165, 1.54) is 5.56 Å². The summed E-state index contributed by atoms with van der Waals surface area (Å²) >= 11 is 0. The van der Waals surface area contributed by atoms with Crippen LogP contribution in [0, 0.1) is 0 Å². The van der Waals surface area contributed by atoms with E-state index in [0.717, 1.165) is 12.8 Å². The highest BCUT2D eigenvalue weighted by molar-refractivity contribution is 5.96. The Kier molecular flexibility index (Phi) is 8.62. The zero-order valence-corrected chi connectivity index (χ0v) is 16.1. The van der Waals surface area contributed by atoms with Gasteiger partial charge in [0.05, 0.1) is 0 Å². The highest BCUT2D eigenvalue weighted by Crippen LogP contribution is 2.13. The Labute approximate surface area is 151 Å². The van der Waals surface area contributed by atoms with Gasteiger partial charge in [-0.05, 0) is 39.2 Å². The second-order valence-corrected chi connectivity index (χ2v) is 7.20. The lowest BCUT2D eigenvalue weighted by Gasteiger charge is -2.23. The van der Waals surface area contributed by atoms with Crippen molar-refractivity contribution in [3.8, 4) is 0 Å². The second kappa shape index (κ2) is 10.2. The monoisotopic (exact) mass is 349 g/mol. The molecule has 0 aromatic heterocycles. The van der Waals surface area contributed by atoms with E-state index >= 15 is 0 Å². The van der Waals surface area contributed by atoms with E-state index < -0.39 is 11.7 Å². The van der Waals surface area contributed by atoms with Crippen LogP contribution in [0.4, 0.5) is 4.79 Å². The SMILES string of the molecule is CCCc1ccc(C(=O)CC(CCOC)NC(=O)OC(C)(C)C)cc1. The zero-order valence-electron chi connectivity index (χ0n) is 16.1. The molecule has 0 aliphatic heterocycles. The summed E-state index contributed by atoms with van der Waals surface area (Å²) in [6.07, 6.45) is 2.34. The highest BCUT2D eigenvalue weighted by Gasteiger charge is 2.21. The topological polar surface area (TPSA) is 64.6 Å². The Hall–Kier alpha value is -1.88. The average molecular weight is 349 g/mol. The van der Waals surface area contributed by atoms with Gasteiger partial charge in [0, 0.05) is 31.7 Å². The molecular weight excluding hydrogens is 318 g/mol. The number of carbonyl (C=O) groups excluding carboxylic acids is 2. The van der Waals surface area contributed by atoms with Crippen LogP contribution in [0.25, 0.3) is 0 Å². The molecule has 0 saturated heterocycles. The molecule has 0 radical (unpaired) electrons. The maximum absolute atomic E-state index is 12.5. The fourth-order valence-corrected chi connectivity index (χ4v) is 2.45. The lowest BCUT2D eigenvalue weighted by molar-refractivity contribution is 0.0490. The molecule has 0 aliphatic rings. The van der Waals surface area contributed by atoms with E-state index in [4.69, 9.17) is 9.47 Å². The van der Waals surface area contributed by atoms with Crippen LogP contribution >= 0.6 is 0 Å². The van der Waals surface area contributed by atoms with Crippen LogP contribution in [0.2, 0.25) is 0 Å². The summed E-state index contributed by atoms with van der Waals surface area (Å²) in [5, 5.41) is 2.78. The lowest BCUT2D eigenvalue weighted by Crippen LogP contribution is -2.40. The number of ketones is 1. The Morgan fingerprint density at radius 3 is 2.32 bits per heavy atom. The Morgan fingerprint density at radius 2 is 1.80 bits per heavy atom. The van der Waals surface area contributed by atoms with Gasteiger partial charge in [-0.1, -0.05) is 37.6 Å². The fraction of sp³-hybridized carbons (Fsp3) is 0.600. The number of alkyl carbamates (subject to hydrolysis) is 1. The van der Waals surface area contributed by atoms with Gasteiger partial charge in [-0.15, -0.1) is 0 Å². The molecular formula is C20H31NO4. The standard InChI is InChI=1S/C20H31NO4/c1-6-7-15-8-10-16(11-9-15)18(22)14-17(12-13-24-5)21-19(23)25-20(2,3)4/h8-11,17H,6-7,12-14H2,1-5H3,(H,21,23). The van der Waals surface area contributed by atoms with E-state index in [-0.39, 0.29) is 18.2 Å². The molecule has 1 aromatic rings. The van der Waals surface area contributed by atoms with Gasteiger partial charge >= 0.3 is 6.09 Å². The molecule has 25 heavy (non-hydrogen) atoms. The van der Waals surface area contributed by atoms with Gasteiger partial charge in [0.25, 0.3) is 0 Å². The van der Waals surface area contributed by atoms with Crippen molar-refractivity contribution >= 4 is 11.9 Å². The number of methoxy groups -OCH3 is 1. The van der Waals surface area contributed by atoms with E-state index in [2.05, 4.69) is 12.2 Å². The summed E-state index contributed by atoms with van der Waals surface area (Å²) in [6.45, 7) is 8.00. The zero-order chi connectivity index (χ0) is 18.9. The minimum absolute atomic E-state index is 0.000195. The molecule has 1 unspecified atom stereocenters. The summed E-state index contributed by atoms with van der Waals surface area (Å²) in [7, 11) is 1.60. The van der Waals surface area contributed by atoms with Gasteiger partial charge in [-0.3, -0.25) is 4.79 Å². The third-order valence-corrected chi connectivity index (χ3v) is 3.64. The smallest absolute Gasteiger partial charge is 0.407 e.